The molecule has 1 saturated heterocycles. The van der Waals surface area contributed by atoms with Gasteiger partial charge in [-0.05, 0) is 98.9 Å². The molecule has 0 radical (unpaired) electrons. The van der Waals surface area contributed by atoms with E-state index in [1.165, 1.54) is 0 Å². The second-order valence-corrected chi connectivity index (χ2v) is 19.9. The van der Waals surface area contributed by atoms with E-state index in [2.05, 4.69) is 92.5 Å². The fourth-order valence-electron chi connectivity index (χ4n) is 8.29. The fourth-order valence-corrected chi connectivity index (χ4v) is 11.6. The van der Waals surface area contributed by atoms with Crippen LogP contribution in [0.4, 0.5) is 0 Å². The zero-order chi connectivity index (χ0) is 34.0. The SMILES string of the molecule is C=CC(N)C1CC(CC)C2C(OC(O)C3CCC(C(O)I)CC3)=CC(C)(C(C)(C)C)CC(OC(O)C3CCC(C(O)I)CC3)C2S1. The van der Waals surface area contributed by atoms with Gasteiger partial charge in [-0.3, -0.25) is 0 Å². The standard InChI is InChI=1S/C36H61I2NO6S/c1-7-20-17-28(25(39)8-2)46-30-27(45-34(43)24-15-11-22(12-16-24)32(38)41)19-36(6,35(3,4)5)18-26(29(20)30)44-33(42)23-13-9-21(10-14-23)31(37)40/h8,18,20-25,27-34,40-43H,2,7,9-17,19,39H2,1,3-6H3. The monoisotopic (exact) mass is 889 g/mol. The molecule has 6 N–H and O–H groups in total. The predicted octanol–water partition coefficient (Wildman–Crippen LogP) is 7.51. The number of hydrogen-bond donors (Lipinski definition) is 5. The Labute approximate surface area is 310 Å². The molecule has 0 aromatic heterocycles. The summed E-state index contributed by atoms with van der Waals surface area (Å²) in [7, 11) is 0. The number of aliphatic hydroxyl groups excluding tert-OH is 4. The molecule has 1 aliphatic heterocycles. The molecule has 10 heteroatoms. The topological polar surface area (TPSA) is 125 Å². The molecule has 3 aliphatic carbocycles. The maximum atomic E-state index is 11.6. The predicted molar refractivity (Wildman–Crippen MR) is 204 cm³/mol. The number of alkyl halides is 2. The average Bonchev–Trinajstić information content (AvgIpc) is 3.14. The van der Waals surface area contributed by atoms with E-state index in [-0.39, 0.29) is 77.2 Å². The van der Waals surface area contributed by atoms with Gasteiger partial charge in [0.25, 0.3) is 0 Å². The summed E-state index contributed by atoms with van der Waals surface area (Å²) in [6.07, 6.45) is 11.6. The van der Waals surface area contributed by atoms with Crippen LogP contribution in [0.3, 0.4) is 0 Å². The number of nitrogens with two attached hydrogens (primary N) is 1. The van der Waals surface area contributed by atoms with Gasteiger partial charge >= 0.3 is 0 Å². The lowest BCUT2D eigenvalue weighted by molar-refractivity contribution is -0.184. The Morgan fingerprint density at radius 3 is 1.91 bits per heavy atom. The molecule has 4 aliphatic rings. The number of allylic oxidation sites excluding steroid dienone is 2. The summed E-state index contributed by atoms with van der Waals surface area (Å²) >= 11 is 6.08. The number of halogens is 2. The molecule has 4 rings (SSSR count). The Hall–Kier alpha value is 0.850. The lowest BCUT2D eigenvalue weighted by Crippen LogP contribution is -2.49. The quantitative estimate of drug-likeness (QED) is 0.0626. The molecular formula is C36H61I2NO6S. The van der Waals surface area contributed by atoms with E-state index >= 15 is 0 Å². The van der Waals surface area contributed by atoms with Crippen molar-refractivity contribution >= 4 is 56.9 Å². The number of hydrogen-bond acceptors (Lipinski definition) is 8. The van der Waals surface area contributed by atoms with E-state index in [1.54, 1.807) is 0 Å². The van der Waals surface area contributed by atoms with Crippen LogP contribution < -0.4 is 5.73 Å². The number of fused-ring (bicyclic) bond motifs is 1. The van der Waals surface area contributed by atoms with Gasteiger partial charge in [0, 0.05) is 34.3 Å². The smallest absolute Gasteiger partial charge is 0.199 e. The minimum absolute atomic E-state index is 0.00983. The van der Waals surface area contributed by atoms with Crippen molar-refractivity contribution in [1.82, 2.24) is 0 Å². The van der Waals surface area contributed by atoms with Gasteiger partial charge in [0.1, 0.15) is 14.0 Å². The van der Waals surface area contributed by atoms with Crippen LogP contribution in [0.5, 0.6) is 0 Å². The van der Waals surface area contributed by atoms with E-state index in [9.17, 15) is 20.4 Å². The van der Waals surface area contributed by atoms with E-state index in [0.717, 1.165) is 76.4 Å². The summed E-state index contributed by atoms with van der Waals surface area (Å²) in [5, 5.41) is 43.7. The zero-order valence-corrected chi connectivity index (χ0v) is 33.7. The first-order valence-corrected chi connectivity index (χ1v) is 21.1. The molecule has 7 nitrogen and oxygen atoms in total. The molecule has 0 aromatic carbocycles. The van der Waals surface area contributed by atoms with E-state index in [4.69, 9.17) is 15.2 Å². The highest BCUT2D eigenvalue weighted by molar-refractivity contribution is 14.1. The molecule has 11 atom stereocenters. The largest absolute Gasteiger partial charge is 0.469 e. The van der Waals surface area contributed by atoms with Crippen LogP contribution in [-0.4, -0.2) is 63.9 Å². The number of thioether (sulfide) groups is 1. The lowest BCUT2D eigenvalue weighted by Gasteiger charge is -2.47. The third-order valence-electron chi connectivity index (χ3n) is 12.2. The summed E-state index contributed by atoms with van der Waals surface area (Å²) in [5.74, 6) is 1.76. The second kappa shape index (κ2) is 16.9. The normalized spacial score (nSPS) is 40.8. The Kier molecular flexibility index (Phi) is 14.6. The molecule has 0 amide bonds. The van der Waals surface area contributed by atoms with Gasteiger partial charge < -0.3 is 35.6 Å². The zero-order valence-electron chi connectivity index (χ0n) is 28.6. The third-order valence-corrected chi connectivity index (χ3v) is 16.0. The van der Waals surface area contributed by atoms with Crippen LogP contribution in [0.2, 0.25) is 0 Å². The Morgan fingerprint density at radius 1 is 0.957 bits per heavy atom. The van der Waals surface area contributed by atoms with Crippen molar-refractivity contribution < 1.29 is 29.9 Å². The van der Waals surface area contributed by atoms with Gasteiger partial charge in [-0.15, -0.1) is 18.3 Å². The molecule has 1 heterocycles. The molecular weight excluding hydrogens is 828 g/mol. The van der Waals surface area contributed by atoms with Crippen molar-refractivity contribution in [3.63, 3.8) is 0 Å². The molecule has 266 valence electrons. The van der Waals surface area contributed by atoms with Crippen molar-refractivity contribution in [2.75, 3.05) is 0 Å². The molecule has 0 bridgehead atoms. The minimum Gasteiger partial charge on any atom is -0.469 e. The van der Waals surface area contributed by atoms with Crippen LogP contribution in [0.1, 0.15) is 105 Å². The van der Waals surface area contributed by atoms with Gasteiger partial charge in [-0.1, -0.05) is 92.3 Å². The van der Waals surface area contributed by atoms with Gasteiger partial charge in [-0.25, -0.2) is 0 Å². The number of ether oxygens (including phenoxy) is 2. The fraction of sp³-hybridized carbons (Fsp3) is 0.889. The van der Waals surface area contributed by atoms with Crippen molar-refractivity contribution in [1.29, 1.82) is 0 Å². The van der Waals surface area contributed by atoms with E-state index in [1.807, 2.05) is 17.8 Å². The molecule has 2 saturated carbocycles. The van der Waals surface area contributed by atoms with Crippen molar-refractivity contribution in [3.05, 3.63) is 24.5 Å². The third kappa shape index (κ3) is 9.39. The van der Waals surface area contributed by atoms with Crippen LogP contribution in [-0.2, 0) is 9.47 Å². The average molecular weight is 890 g/mol. The summed E-state index contributed by atoms with van der Waals surface area (Å²) in [4.78, 5) is 0. The lowest BCUT2D eigenvalue weighted by atomic mass is 9.65. The summed E-state index contributed by atoms with van der Waals surface area (Å²) in [5.41, 5.74) is 6.17. The van der Waals surface area contributed by atoms with Gasteiger partial charge in [-0.2, -0.15) is 0 Å². The molecule has 0 spiro atoms. The summed E-state index contributed by atoms with van der Waals surface area (Å²) < 4.78 is 12.9. The van der Waals surface area contributed by atoms with Crippen LogP contribution in [0, 0.1) is 46.3 Å². The first-order chi connectivity index (χ1) is 21.6. The highest BCUT2D eigenvalue weighted by Gasteiger charge is 2.53. The molecule has 0 aromatic rings. The van der Waals surface area contributed by atoms with Gasteiger partial charge in [0.15, 0.2) is 12.6 Å². The minimum atomic E-state index is -0.911. The first kappa shape index (κ1) is 39.6. The Morgan fingerprint density at radius 2 is 1.46 bits per heavy atom. The first-order valence-electron chi connectivity index (χ1n) is 17.7. The van der Waals surface area contributed by atoms with Crippen molar-refractivity contribution in [3.8, 4) is 0 Å². The summed E-state index contributed by atoms with van der Waals surface area (Å²) in [6, 6.07) is -0.153. The highest BCUT2D eigenvalue weighted by atomic mass is 127. The highest BCUT2D eigenvalue weighted by Crippen LogP contribution is 2.56. The van der Waals surface area contributed by atoms with Gasteiger partial charge in [0.2, 0.25) is 0 Å². The molecule has 46 heavy (non-hydrogen) atoms. The van der Waals surface area contributed by atoms with Crippen molar-refractivity contribution in [2.24, 2.45) is 52.1 Å². The van der Waals surface area contributed by atoms with E-state index < -0.39 is 12.6 Å². The van der Waals surface area contributed by atoms with Crippen LogP contribution in [0.15, 0.2) is 24.5 Å². The van der Waals surface area contributed by atoms with Gasteiger partial charge in [0.05, 0.1) is 6.10 Å². The summed E-state index contributed by atoms with van der Waals surface area (Å²) in [6.45, 7) is 15.3. The number of rotatable bonds is 11. The van der Waals surface area contributed by atoms with Crippen molar-refractivity contribution in [2.45, 2.75) is 149 Å². The molecule has 11 unspecified atom stereocenters. The van der Waals surface area contributed by atoms with Crippen LogP contribution >= 0.6 is 56.9 Å². The maximum Gasteiger partial charge on any atom is 0.199 e. The van der Waals surface area contributed by atoms with E-state index in [0.29, 0.717) is 0 Å². The second-order valence-electron chi connectivity index (χ2n) is 16.0. The Balaban J connectivity index is 1.66. The van der Waals surface area contributed by atoms with Crippen LogP contribution in [0.25, 0.3) is 0 Å². The molecule has 3 fully saturated rings. The Bertz CT molecular complexity index is 1010. The maximum absolute atomic E-state index is 11.6. The number of aliphatic hydroxyl groups is 4.